The number of nitrogens with zero attached hydrogens (tertiary/aromatic N) is 1. The Kier molecular flexibility index (Phi) is 2.22. The van der Waals surface area contributed by atoms with Crippen LogP contribution >= 0.6 is 0 Å². The summed E-state index contributed by atoms with van der Waals surface area (Å²) >= 11 is 0. The van der Waals surface area contributed by atoms with Crippen LogP contribution in [0.25, 0.3) is 0 Å². The third-order valence-electron chi connectivity index (χ3n) is 2.33. The van der Waals surface area contributed by atoms with Gasteiger partial charge in [-0.15, -0.1) is 0 Å². The molecule has 5 heteroatoms. The van der Waals surface area contributed by atoms with E-state index in [4.69, 9.17) is 19.9 Å². The number of hydrogen-bond donors (Lipinski definition) is 1. The highest BCUT2D eigenvalue weighted by Crippen LogP contribution is 2.36. The first kappa shape index (κ1) is 9.77. The Hall–Kier alpha value is -2.43. The second-order valence-corrected chi connectivity index (χ2v) is 3.55. The molecule has 0 spiro atoms. The smallest absolute Gasteiger partial charge is 0.231 e. The molecular formula is C12H10N2O3. The lowest BCUT2D eigenvalue weighted by atomic mass is 10.3. The topological polar surface area (TPSA) is 66.6 Å². The third kappa shape index (κ3) is 1.94. The number of aromatic nitrogens is 1. The summed E-state index contributed by atoms with van der Waals surface area (Å²) in [7, 11) is 0. The van der Waals surface area contributed by atoms with Crippen LogP contribution in [0.5, 0.6) is 23.1 Å². The Morgan fingerprint density at radius 1 is 1.12 bits per heavy atom. The van der Waals surface area contributed by atoms with E-state index in [1.807, 2.05) is 0 Å². The molecule has 2 heterocycles. The number of fused-ring (bicyclic) bond motifs is 1. The summed E-state index contributed by atoms with van der Waals surface area (Å²) in [5.74, 6) is 2.53. The van der Waals surface area contributed by atoms with Gasteiger partial charge >= 0.3 is 0 Å². The molecule has 17 heavy (non-hydrogen) atoms. The van der Waals surface area contributed by atoms with E-state index in [2.05, 4.69) is 4.98 Å². The molecule has 0 amide bonds. The maximum absolute atomic E-state index is 5.56. The largest absolute Gasteiger partial charge is 0.454 e. The van der Waals surface area contributed by atoms with Crippen molar-refractivity contribution in [2.75, 3.05) is 12.5 Å². The van der Waals surface area contributed by atoms with Crippen LogP contribution in [0.3, 0.4) is 0 Å². The zero-order valence-electron chi connectivity index (χ0n) is 8.92. The first-order valence-corrected chi connectivity index (χ1v) is 5.10. The number of anilines is 1. The standard InChI is InChI=1S/C12H10N2O3/c13-8-1-4-12(14-6-8)17-9-2-3-10-11(5-9)16-7-15-10/h1-6H,7,13H2. The van der Waals surface area contributed by atoms with Gasteiger partial charge in [0.2, 0.25) is 12.7 Å². The quantitative estimate of drug-likeness (QED) is 0.856. The molecule has 0 aliphatic carbocycles. The van der Waals surface area contributed by atoms with Crippen LogP contribution in [0.4, 0.5) is 5.69 Å². The van der Waals surface area contributed by atoms with E-state index >= 15 is 0 Å². The summed E-state index contributed by atoms with van der Waals surface area (Å²) < 4.78 is 16.0. The normalized spacial score (nSPS) is 12.5. The van der Waals surface area contributed by atoms with Crippen LogP contribution in [0.15, 0.2) is 36.5 Å². The molecule has 3 rings (SSSR count). The zero-order valence-corrected chi connectivity index (χ0v) is 8.92. The third-order valence-corrected chi connectivity index (χ3v) is 2.33. The predicted molar refractivity (Wildman–Crippen MR) is 61.3 cm³/mol. The Balaban J connectivity index is 1.83. The van der Waals surface area contributed by atoms with Gasteiger partial charge in [-0.2, -0.15) is 0 Å². The molecule has 1 aromatic carbocycles. The number of nitrogen functional groups attached to an aromatic ring is 1. The van der Waals surface area contributed by atoms with Crippen molar-refractivity contribution >= 4 is 5.69 Å². The molecule has 0 radical (unpaired) electrons. The molecule has 86 valence electrons. The van der Waals surface area contributed by atoms with Crippen LogP contribution in [-0.2, 0) is 0 Å². The van der Waals surface area contributed by atoms with E-state index < -0.39 is 0 Å². The molecule has 1 aliphatic rings. The number of pyridine rings is 1. The molecule has 0 fully saturated rings. The molecule has 0 unspecified atom stereocenters. The minimum atomic E-state index is 0.249. The minimum absolute atomic E-state index is 0.249. The van der Waals surface area contributed by atoms with Gasteiger partial charge in [0.05, 0.1) is 11.9 Å². The second kappa shape index (κ2) is 3.86. The van der Waals surface area contributed by atoms with Crippen molar-refractivity contribution in [2.45, 2.75) is 0 Å². The van der Waals surface area contributed by atoms with E-state index in [0.29, 0.717) is 23.1 Å². The van der Waals surface area contributed by atoms with Gasteiger partial charge in [0.25, 0.3) is 0 Å². The van der Waals surface area contributed by atoms with Crippen molar-refractivity contribution in [3.05, 3.63) is 36.5 Å². The average molecular weight is 230 g/mol. The van der Waals surface area contributed by atoms with E-state index in [1.54, 1.807) is 36.5 Å². The van der Waals surface area contributed by atoms with Gasteiger partial charge in [0, 0.05) is 12.1 Å². The summed E-state index contributed by atoms with van der Waals surface area (Å²) in [5, 5.41) is 0. The molecule has 0 bridgehead atoms. The minimum Gasteiger partial charge on any atom is -0.454 e. The van der Waals surface area contributed by atoms with Crippen molar-refractivity contribution < 1.29 is 14.2 Å². The Morgan fingerprint density at radius 2 is 2.00 bits per heavy atom. The lowest BCUT2D eigenvalue weighted by Gasteiger charge is -2.05. The number of benzene rings is 1. The highest BCUT2D eigenvalue weighted by molar-refractivity contribution is 5.48. The van der Waals surface area contributed by atoms with Gasteiger partial charge in [-0.05, 0) is 18.2 Å². The molecule has 5 nitrogen and oxygen atoms in total. The molecule has 0 saturated carbocycles. The predicted octanol–water partition coefficient (Wildman–Crippen LogP) is 2.18. The fourth-order valence-corrected chi connectivity index (χ4v) is 1.51. The van der Waals surface area contributed by atoms with E-state index in [0.717, 1.165) is 5.75 Å². The van der Waals surface area contributed by atoms with Gasteiger partial charge in [-0.1, -0.05) is 0 Å². The van der Waals surface area contributed by atoms with E-state index in [1.165, 1.54) is 0 Å². The van der Waals surface area contributed by atoms with Crippen molar-refractivity contribution in [1.82, 2.24) is 4.98 Å². The van der Waals surface area contributed by atoms with Crippen LogP contribution in [0.2, 0.25) is 0 Å². The number of nitrogens with two attached hydrogens (primary N) is 1. The lowest BCUT2D eigenvalue weighted by Crippen LogP contribution is -1.93. The van der Waals surface area contributed by atoms with Gasteiger partial charge in [-0.3, -0.25) is 0 Å². The Labute approximate surface area is 97.7 Å². The van der Waals surface area contributed by atoms with Crippen LogP contribution < -0.4 is 19.9 Å². The zero-order chi connectivity index (χ0) is 11.7. The fourth-order valence-electron chi connectivity index (χ4n) is 1.51. The molecule has 1 aromatic heterocycles. The van der Waals surface area contributed by atoms with Gasteiger partial charge in [0.15, 0.2) is 11.5 Å². The van der Waals surface area contributed by atoms with Gasteiger partial charge in [-0.25, -0.2) is 4.98 Å². The number of ether oxygens (including phenoxy) is 3. The Morgan fingerprint density at radius 3 is 2.82 bits per heavy atom. The van der Waals surface area contributed by atoms with Crippen LogP contribution in [0, 0.1) is 0 Å². The first-order valence-electron chi connectivity index (χ1n) is 5.10. The monoisotopic (exact) mass is 230 g/mol. The van der Waals surface area contributed by atoms with E-state index in [9.17, 15) is 0 Å². The SMILES string of the molecule is Nc1ccc(Oc2ccc3c(c2)OCO3)nc1. The van der Waals surface area contributed by atoms with Gasteiger partial charge < -0.3 is 19.9 Å². The molecule has 0 saturated heterocycles. The maximum atomic E-state index is 5.56. The highest BCUT2D eigenvalue weighted by Gasteiger charge is 2.14. The molecule has 1 aliphatic heterocycles. The maximum Gasteiger partial charge on any atom is 0.231 e. The summed E-state index contributed by atoms with van der Waals surface area (Å²) in [6.45, 7) is 0.249. The number of rotatable bonds is 2. The summed E-state index contributed by atoms with van der Waals surface area (Å²) in [6.07, 6.45) is 1.54. The van der Waals surface area contributed by atoms with Gasteiger partial charge in [0.1, 0.15) is 5.75 Å². The second-order valence-electron chi connectivity index (χ2n) is 3.55. The average Bonchev–Trinajstić information content (AvgIpc) is 2.79. The van der Waals surface area contributed by atoms with Crippen molar-refractivity contribution in [2.24, 2.45) is 0 Å². The van der Waals surface area contributed by atoms with Crippen LogP contribution in [-0.4, -0.2) is 11.8 Å². The summed E-state index contributed by atoms with van der Waals surface area (Å²) in [4.78, 5) is 4.05. The molecule has 0 atom stereocenters. The molecule has 2 N–H and O–H groups in total. The summed E-state index contributed by atoms with van der Waals surface area (Å²) in [6, 6.07) is 8.80. The summed E-state index contributed by atoms with van der Waals surface area (Å²) in [5.41, 5.74) is 6.14. The van der Waals surface area contributed by atoms with Crippen molar-refractivity contribution in [3.8, 4) is 23.1 Å². The first-order chi connectivity index (χ1) is 8.31. The molecule has 2 aromatic rings. The van der Waals surface area contributed by atoms with Crippen molar-refractivity contribution in [1.29, 1.82) is 0 Å². The Bertz CT molecular complexity index is 540. The van der Waals surface area contributed by atoms with E-state index in [-0.39, 0.29) is 6.79 Å². The van der Waals surface area contributed by atoms with Crippen LogP contribution in [0.1, 0.15) is 0 Å². The fraction of sp³-hybridized carbons (Fsp3) is 0.0833. The molecular weight excluding hydrogens is 220 g/mol. The number of hydrogen-bond acceptors (Lipinski definition) is 5. The van der Waals surface area contributed by atoms with Crippen molar-refractivity contribution in [3.63, 3.8) is 0 Å². The highest BCUT2D eigenvalue weighted by atomic mass is 16.7. The lowest BCUT2D eigenvalue weighted by molar-refractivity contribution is 0.174.